The third kappa shape index (κ3) is 3.24. The number of pyridine rings is 1. The lowest BCUT2D eigenvalue weighted by atomic mass is 9.83. The van der Waals surface area contributed by atoms with Crippen molar-refractivity contribution >= 4 is 11.7 Å². The van der Waals surface area contributed by atoms with Crippen molar-refractivity contribution in [3.05, 3.63) is 28.6 Å². The van der Waals surface area contributed by atoms with Crippen molar-refractivity contribution in [1.29, 1.82) is 5.26 Å². The van der Waals surface area contributed by atoms with E-state index in [1.54, 1.807) is 0 Å². The highest BCUT2D eigenvalue weighted by Crippen LogP contribution is 2.36. The number of hydrogen-bond acceptors (Lipinski definition) is 5. The summed E-state index contributed by atoms with van der Waals surface area (Å²) >= 11 is 0. The van der Waals surface area contributed by atoms with Gasteiger partial charge in [-0.25, -0.2) is 4.98 Å². The van der Waals surface area contributed by atoms with Crippen LogP contribution in [0.4, 0.5) is 5.82 Å². The average Bonchev–Trinajstić information content (AvgIpc) is 3.05. The van der Waals surface area contributed by atoms with Gasteiger partial charge in [-0.05, 0) is 31.2 Å². The van der Waals surface area contributed by atoms with Crippen LogP contribution in [-0.2, 0) is 24.2 Å². The average molecular weight is 378 g/mol. The van der Waals surface area contributed by atoms with E-state index in [0.29, 0.717) is 36.7 Å². The van der Waals surface area contributed by atoms with Gasteiger partial charge in [-0.15, -0.1) is 0 Å². The summed E-state index contributed by atoms with van der Waals surface area (Å²) < 4.78 is 0. The zero-order valence-electron chi connectivity index (χ0n) is 16.5. The minimum atomic E-state index is 0.158. The molecule has 0 unspecified atom stereocenters. The zero-order valence-corrected chi connectivity index (χ0v) is 16.5. The lowest BCUT2D eigenvalue weighted by Crippen LogP contribution is -2.42. The van der Waals surface area contributed by atoms with Crippen LogP contribution in [-0.4, -0.2) is 32.5 Å². The molecule has 0 atom stereocenters. The number of fused-ring (bicyclic) bond motifs is 1. The molecule has 0 bridgehead atoms. The maximum Gasteiger partial charge on any atom is 0.225 e. The normalized spacial score (nSPS) is 16.6. The summed E-state index contributed by atoms with van der Waals surface area (Å²) in [4.78, 5) is 19.2. The number of hydrogen-bond donors (Lipinski definition) is 2. The van der Waals surface area contributed by atoms with E-state index in [9.17, 15) is 10.1 Å². The van der Waals surface area contributed by atoms with Gasteiger partial charge in [0.1, 0.15) is 17.5 Å². The molecule has 2 aromatic heterocycles. The molecular weight excluding hydrogens is 352 g/mol. The first-order chi connectivity index (χ1) is 13.5. The van der Waals surface area contributed by atoms with Gasteiger partial charge in [0.25, 0.3) is 0 Å². The number of anilines is 1. The molecule has 2 aromatic rings. The fraction of sp³-hybridized carbons (Fsp3) is 0.524. The van der Waals surface area contributed by atoms with Crippen molar-refractivity contribution in [2.24, 2.45) is 11.8 Å². The van der Waals surface area contributed by atoms with Gasteiger partial charge in [-0.3, -0.25) is 9.89 Å². The quantitative estimate of drug-likeness (QED) is 0.849. The van der Waals surface area contributed by atoms with Gasteiger partial charge in [-0.2, -0.15) is 10.4 Å². The van der Waals surface area contributed by atoms with Gasteiger partial charge in [0, 0.05) is 42.2 Å². The maximum absolute atomic E-state index is 12.8. The Bertz CT molecular complexity index is 951. The number of nitrogens with one attached hydrogen (secondary N) is 1. The van der Waals surface area contributed by atoms with Crippen LogP contribution in [0.1, 0.15) is 55.6 Å². The summed E-state index contributed by atoms with van der Waals surface area (Å²) in [5.74, 6) is 1.12. The highest BCUT2D eigenvalue weighted by atomic mass is 16.2. The standard InChI is InChI=1S/C21H26N6O/c1-12(2)8-14-9-18(26-25-14)19-15(10-22)20(23)24-17-6-7-27(11-16(17)19)21(28)13-4-3-5-13/h9,12-13H,3-8,11H2,1-2H3,(H2,23,24)(H,25,26). The lowest BCUT2D eigenvalue weighted by Gasteiger charge is -2.35. The van der Waals surface area contributed by atoms with E-state index in [2.05, 4.69) is 35.1 Å². The van der Waals surface area contributed by atoms with Crippen molar-refractivity contribution in [3.63, 3.8) is 0 Å². The first-order valence-corrected chi connectivity index (χ1v) is 10.0. The summed E-state index contributed by atoms with van der Waals surface area (Å²) in [5, 5.41) is 17.3. The van der Waals surface area contributed by atoms with Crippen LogP contribution < -0.4 is 5.73 Å². The van der Waals surface area contributed by atoms with Gasteiger partial charge < -0.3 is 10.6 Å². The number of rotatable bonds is 4. The molecule has 3 heterocycles. The Morgan fingerprint density at radius 1 is 1.46 bits per heavy atom. The fourth-order valence-electron chi connectivity index (χ4n) is 4.11. The summed E-state index contributed by atoms with van der Waals surface area (Å²) in [6, 6.07) is 4.20. The van der Waals surface area contributed by atoms with Crippen LogP contribution in [0.5, 0.6) is 0 Å². The van der Waals surface area contributed by atoms with E-state index in [4.69, 9.17) is 5.73 Å². The number of nitrogens with two attached hydrogens (primary N) is 1. The van der Waals surface area contributed by atoms with Gasteiger partial charge in [0.05, 0.1) is 11.4 Å². The third-order valence-electron chi connectivity index (χ3n) is 5.77. The lowest BCUT2D eigenvalue weighted by molar-refractivity contribution is -0.139. The molecule has 3 N–H and O–H groups in total. The second kappa shape index (κ2) is 7.27. The second-order valence-corrected chi connectivity index (χ2v) is 8.30. The van der Waals surface area contributed by atoms with E-state index in [-0.39, 0.29) is 17.6 Å². The number of nitriles is 1. The molecule has 1 saturated carbocycles. The molecule has 146 valence electrons. The Morgan fingerprint density at radius 2 is 2.25 bits per heavy atom. The Hall–Kier alpha value is -2.88. The molecule has 1 amide bonds. The number of carbonyl (C=O) groups is 1. The maximum atomic E-state index is 12.8. The van der Waals surface area contributed by atoms with Crippen LogP contribution >= 0.6 is 0 Å². The number of H-pyrrole nitrogens is 1. The fourth-order valence-corrected chi connectivity index (χ4v) is 4.11. The smallest absolute Gasteiger partial charge is 0.225 e. The van der Waals surface area contributed by atoms with Crippen LogP contribution in [0, 0.1) is 23.2 Å². The Kier molecular flexibility index (Phi) is 4.80. The number of aromatic nitrogens is 3. The Balaban J connectivity index is 1.75. The predicted molar refractivity (Wildman–Crippen MR) is 106 cm³/mol. The van der Waals surface area contributed by atoms with Crippen molar-refractivity contribution in [2.45, 2.75) is 52.5 Å². The molecule has 4 rings (SSSR count). The van der Waals surface area contributed by atoms with E-state index >= 15 is 0 Å². The summed E-state index contributed by atoms with van der Waals surface area (Å²) in [5.41, 5.74) is 10.7. The molecule has 0 saturated heterocycles. The number of nitrogens with zero attached hydrogens (tertiary/aromatic N) is 4. The molecule has 1 aliphatic carbocycles. The van der Waals surface area contributed by atoms with Crippen molar-refractivity contribution < 1.29 is 4.79 Å². The van der Waals surface area contributed by atoms with Gasteiger partial charge in [0.2, 0.25) is 5.91 Å². The summed E-state index contributed by atoms with van der Waals surface area (Å²) in [6.45, 7) is 5.42. The minimum absolute atomic E-state index is 0.158. The van der Waals surface area contributed by atoms with Gasteiger partial charge in [-0.1, -0.05) is 20.3 Å². The molecular formula is C21H26N6O. The molecule has 0 spiro atoms. The Morgan fingerprint density at radius 3 is 2.89 bits per heavy atom. The SMILES string of the molecule is CC(C)Cc1cc(-c2c(C#N)c(N)nc3c2CN(C(=O)C2CCC2)CC3)n[nH]1. The van der Waals surface area contributed by atoms with Crippen LogP contribution in [0.25, 0.3) is 11.3 Å². The zero-order chi connectivity index (χ0) is 19.8. The minimum Gasteiger partial charge on any atom is -0.383 e. The Labute approximate surface area is 164 Å². The molecule has 0 aromatic carbocycles. The molecule has 0 radical (unpaired) electrons. The number of amides is 1. The first kappa shape index (κ1) is 18.5. The third-order valence-corrected chi connectivity index (χ3v) is 5.77. The number of carbonyl (C=O) groups excluding carboxylic acids is 1. The van der Waals surface area contributed by atoms with E-state index < -0.39 is 0 Å². The first-order valence-electron chi connectivity index (χ1n) is 10.0. The summed E-state index contributed by atoms with van der Waals surface area (Å²) in [7, 11) is 0. The van der Waals surface area contributed by atoms with Crippen LogP contribution in [0.2, 0.25) is 0 Å². The van der Waals surface area contributed by atoms with Gasteiger partial charge >= 0.3 is 0 Å². The molecule has 7 nitrogen and oxygen atoms in total. The van der Waals surface area contributed by atoms with Crippen LogP contribution in [0.15, 0.2) is 6.07 Å². The highest BCUT2D eigenvalue weighted by Gasteiger charge is 2.33. The largest absolute Gasteiger partial charge is 0.383 e. The van der Waals surface area contributed by atoms with Gasteiger partial charge in [0.15, 0.2) is 0 Å². The summed E-state index contributed by atoms with van der Waals surface area (Å²) in [6.07, 6.45) is 4.63. The molecule has 2 aliphatic rings. The number of nitrogen functional groups attached to an aromatic ring is 1. The molecule has 28 heavy (non-hydrogen) atoms. The van der Waals surface area contributed by atoms with E-state index in [1.807, 2.05) is 11.0 Å². The van der Waals surface area contributed by atoms with E-state index in [1.165, 1.54) is 0 Å². The van der Waals surface area contributed by atoms with E-state index in [0.717, 1.165) is 48.2 Å². The van der Waals surface area contributed by atoms with Crippen molar-refractivity contribution in [1.82, 2.24) is 20.1 Å². The molecule has 7 heteroatoms. The van der Waals surface area contributed by atoms with Crippen molar-refractivity contribution in [3.8, 4) is 17.3 Å². The number of aromatic amines is 1. The second-order valence-electron chi connectivity index (χ2n) is 8.30. The molecule has 1 aliphatic heterocycles. The van der Waals surface area contributed by atoms with Crippen molar-refractivity contribution in [2.75, 3.05) is 12.3 Å². The van der Waals surface area contributed by atoms with Crippen LogP contribution in [0.3, 0.4) is 0 Å². The molecule has 1 fully saturated rings. The highest BCUT2D eigenvalue weighted by molar-refractivity contribution is 5.82. The predicted octanol–water partition coefficient (Wildman–Crippen LogP) is 2.81. The monoisotopic (exact) mass is 378 g/mol. The topological polar surface area (TPSA) is 112 Å².